The lowest BCUT2D eigenvalue weighted by molar-refractivity contribution is 0.0415. The molecule has 1 aromatic carbocycles. The highest BCUT2D eigenvalue weighted by atomic mass is 16.3. The number of aromatic nitrogens is 5. The summed E-state index contributed by atoms with van der Waals surface area (Å²) in [7, 11) is 1.89. The van der Waals surface area contributed by atoms with Crippen molar-refractivity contribution in [1.82, 2.24) is 29.3 Å². The largest absolute Gasteiger partial charge is 0.383 e. The summed E-state index contributed by atoms with van der Waals surface area (Å²) in [5.41, 5.74) is 4.60. The maximum Gasteiger partial charge on any atom is 0.274 e. The normalized spacial score (nSPS) is 18.8. The molecule has 8 heteroatoms. The third kappa shape index (κ3) is 3.19. The number of carbonyl (C=O) groups is 1. The van der Waals surface area contributed by atoms with Crippen LogP contribution < -0.4 is 0 Å². The summed E-state index contributed by atoms with van der Waals surface area (Å²) in [6.07, 6.45) is 3.99. The van der Waals surface area contributed by atoms with E-state index in [2.05, 4.69) is 15.2 Å². The number of carbonyl (C=O) groups excluding carboxylic acids is 1. The molecule has 0 aliphatic carbocycles. The number of aliphatic hydroxyl groups is 1. The van der Waals surface area contributed by atoms with Crippen LogP contribution in [0.15, 0.2) is 48.8 Å². The number of hydrogen-bond donors (Lipinski definition) is 1. The van der Waals surface area contributed by atoms with Gasteiger partial charge in [0.25, 0.3) is 5.91 Å². The van der Waals surface area contributed by atoms with Crippen LogP contribution >= 0.6 is 0 Å². The van der Waals surface area contributed by atoms with Crippen molar-refractivity contribution in [3.63, 3.8) is 0 Å². The van der Waals surface area contributed by atoms with Crippen molar-refractivity contribution in [2.45, 2.75) is 25.9 Å². The van der Waals surface area contributed by atoms with Gasteiger partial charge in [-0.1, -0.05) is 29.8 Å². The number of hydrogen-bond acceptors (Lipinski definition) is 5. The fourth-order valence-corrected chi connectivity index (χ4v) is 4.18. The van der Waals surface area contributed by atoms with Crippen molar-refractivity contribution in [3.05, 3.63) is 71.3 Å². The van der Waals surface area contributed by atoms with E-state index in [1.54, 1.807) is 32.6 Å². The highest BCUT2D eigenvalue weighted by Crippen LogP contribution is 2.33. The molecule has 3 aromatic heterocycles. The molecule has 8 nitrogen and oxygen atoms in total. The monoisotopic (exact) mass is 416 g/mol. The maximum atomic E-state index is 13.2. The molecule has 1 aliphatic heterocycles. The summed E-state index contributed by atoms with van der Waals surface area (Å²) in [5, 5.41) is 20.0. The minimum absolute atomic E-state index is 0.206. The van der Waals surface area contributed by atoms with E-state index in [0.29, 0.717) is 24.3 Å². The van der Waals surface area contributed by atoms with Crippen LogP contribution in [0, 0.1) is 13.8 Å². The van der Waals surface area contributed by atoms with Crippen LogP contribution in [0.4, 0.5) is 0 Å². The molecular formula is C23H24N6O2. The van der Waals surface area contributed by atoms with E-state index in [4.69, 9.17) is 0 Å². The van der Waals surface area contributed by atoms with Gasteiger partial charge in [-0.05, 0) is 31.9 Å². The van der Waals surface area contributed by atoms with E-state index in [1.807, 2.05) is 51.2 Å². The van der Waals surface area contributed by atoms with Gasteiger partial charge >= 0.3 is 0 Å². The number of aryl methyl sites for hydroxylation is 2. The summed E-state index contributed by atoms with van der Waals surface area (Å²) in [6, 6.07) is 11.4. The van der Waals surface area contributed by atoms with E-state index in [0.717, 1.165) is 28.1 Å². The molecule has 4 aromatic rings. The number of rotatable bonds is 3. The summed E-state index contributed by atoms with van der Waals surface area (Å²) in [4.78, 5) is 19.2. The molecule has 1 aliphatic rings. The van der Waals surface area contributed by atoms with Gasteiger partial charge in [0.05, 0.1) is 18.4 Å². The number of β-amino-alcohol motifs (C(OH)–C–C–N with tert-alkyl or cyclic N) is 1. The third-order valence-electron chi connectivity index (χ3n) is 6.21. The topological polar surface area (TPSA) is 88.5 Å². The van der Waals surface area contributed by atoms with E-state index in [-0.39, 0.29) is 12.5 Å². The van der Waals surface area contributed by atoms with E-state index in [1.165, 1.54) is 0 Å². The molecule has 0 bridgehead atoms. The van der Waals surface area contributed by atoms with Crippen LogP contribution in [-0.4, -0.2) is 53.4 Å². The molecule has 158 valence electrons. The van der Waals surface area contributed by atoms with Crippen molar-refractivity contribution in [3.8, 4) is 11.3 Å². The second-order valence-corrected chi connectivity index (χ2v) is 8.27. The van der Waals surface area contributed by atoms with Gasteiger partial charge in [-0.3, -0.25) is 9.48 Å². The molecule has 4 heterocycles. The van der Waals surface area contributed by atoms with Gasteiger partial charge < -0.3 is 10.0 Å². The highest BCUT2D eigenvalue weighted by Gasteiger charge is 2.40. The van der Waals surface area contributed by atoms with Crippen LogP contribution in [-0.2, 0) is 12.6 Å². The Bertz CT molecular complexity index is 1290. The van der Waals surface area contributed by atoms with Crippen molar-refractivity contribution in [2.75, 3.05) is 13.1 Å². The predicted octanol–water partition coefficient (Wildman–Crippen LogP) is 2.48. The van der Waals surface area contributed by atoms with E-state index >= 15 is 0 Å². The van der Waals surface area contributed by atoms with Gasteiger partial charge in [-0.15, -0.1) is 0 Å². The Balaban J connectivity index is 1.45. The Kier molecular flexibility index (Phi) is 4.40. The Hall–Kier alpha value is -3.52. The molecule has 31 heavy (non-hydrogen) atoms. The van der Waals surface area contributed by atoms with Crippen molar-refractivity contribution in [2.24, 2.45) is 7.05 Å². The molecule has 0 spiro atoms. The number of benzene rings is 1. The Morgan fingerprint density at radius 3 is 2.65 bits per heavy atom. The summed E-state index contributed by atoms with van der Waals surface area (Å²) < 4.78 is 3.48. The standard InChI is InChI=1S/C23H24N6O2/c1-15-4-6-17(7-5-15)23(31)9-11-28(14-23)22(30)19-12-21-24-10-8-20(29(21)26-19)18-13-25-27(3)16(18)2/h4-8,10,12-13,31H,9,11,14H2,1-3H3/t23-/m1/s1. The molecule has 1 saturated heterocycles. The summed E-state index contributed by atoms with van der Waals surface area (Å²) in [5.74, 6) is -0.206. The first kappa shape index (κ1) is 19.4. The first-order valence-corrected chi connectivity index (χ1v) is 10.3. The minimum atomic E-state index is -1.04. The van der Waals surface area contributed by atoms with Crippen LogP contribution in [0.3, 0.4) is 0 Å². The zero-order valence-electron chi connectivity index (χ0n) is 17.8. The fraction of sp³-hybridized carbons (Fsp3) is 0.304. The Morgan fingerprint density at radius 1 is 1.16 bits per heavy atom. The lowest BCUT2D eigenvalue weighted by Crippen LogP contribution is -2.34. The predicted molar refractivity (Wildman–Crippen MR) is 116 cm³/mol. The van der Waals surface area contributed by atoms with Gasteiger partial charge in [0.15, 0.2) is 11.3 Å². The number of amides is 1. The lowest BCUT2D eigenvalue weighted by Gasteiger charge is -2.23. The van der Waals surface area contributed by atoms with Gasteiger partial charge in [0.1, 0.15) is 5.60 Å². The third-order valence-corrected chi connectivity index (χ3v) is 6.21. The van der Waals surface area contributed by atoms with E-state index < -0.39 is 5.60 Å². The zero-order valence-corrected chi connectivity index (χ0v) is 17.8. The molecule has 1 N–H and O–H groups in total. The van der Waals surface area contributed by atoms with Crippen LogP contribution in [0.5, 0.6) is 0 Å². The first-order valence-electron chi connectivity index (χ1n) is 10.3. The molecule has 1 amide bonds. The zero-order chi connectivity index (χ0) is 21.8. The second-order valence-electron chi connectivity index (χ2n) is 8.27. The van der Waals surface area contributed by atoms with Crippen LogP contribution in [0.25, 0.3) is 16.9 Å². The smallest absolute Gasteiger partial charge is 0.274 e. The van der Waals surface area contributed by atoms with Gasteiger partial charge in [-0.25, -0.2) is 9.50 Å². The Morgan fingerprint density at radius 2 is 1.94 bits per heavy atom. The van der Waals surface area contributed by atoms with Crippen molar-refractivity contribution >= 4 is 11.6 Å². The maximum absolute atomic E-state index is 13.2. The van der Waals surface area contributed by atoms with Crippen molar-refractivity contribution in [1.29, 1.82) is 0 Å². The second kappa shape index (κ2) is 7.02. The minimum Gasteiger partial charge on any atom is -0.383 e. The van der Waals surface area contributed by atoms with Crippen LogP contribution in [0.2, 0.25) is 0 Å². The molecule has 0 radical (unpaired) electrons. The van der Waals surface area contributed by atoms with E-state index in [9.17, 15) is 9.90 Å². The van der Waals surface area contributed by atoms with Crippen molar-refractivity contribution < 1.29 is 9.90 Å². The van der Waals surface area contributed by atoms with Crippen LogP contribution in [0.1, 0.15) is 33.7 Å². The molecular weight excluding hydrogens is 392 g/mol. The van der Waals surface area contributed by atoms with Gasteiger partial charge in [0.2, 0.25) is 0 Å². The van der Waals surface area contributed by atoms with Gasteiger partial charge in [0, 0.05) is 37.1 Å². The first-order chi connectivity index (χ1) is 14.9. The average molecular weight is 416 g/mol. The number of fused-ring (bicyclic) bond motifs is 1. The Labute approximate surface area is 179 Å². The van der Waals surface area contributed by atoms with Gasteiger partial charge in [-0.2, -0.15) is 10.2 Å². The summed E-state index contributed by atoms with van der Waals surface area (Å²) in [6.45, 7) is 4.71. The molecule has 1 fully saturated rings. The summed E-state index contributed by atoms with van der Waals surface area (Å²) >= 11 is 0. The molecule has 0 saturated carbocycles. The fourth-order valence-electron chi connectivity index (χ4n) is 4.18. The highest BCUT2D eigenvalue weighted by molar-refractivity contribution is 5.93. The molecule has 0 unspecified atom stereocenters. The average Bonchev–Trinajstić information content (AvgIpc) is 3.46. The number of nitrogens with zero attached hydrogens (tertiary/aromatic N) is 6. The quantitative estimate of drug-likeness (QED) is 0.554. The lowest BCUT2D eigenvalue weighted by atomic mass is 9.92. The number of likely N-dealkylation sites (tertiary alicyclic amines) is 1. The molecule has 1 atom stereocenters. The SMILES string of the molecule is Cc1ccc([C@@]2(O)CCN(C(=O)c3cc4nccc(-c5cnn(C)c5C)n4n3)C2)cc1. The molecule has 5 rings (SSSR count).